The molecule has 0 radical (unpaired) electrons. The Morgan fingerprint density at radius 3 is 2.83 bits per heavy atom. The van der Waals surface area contributed by atoms with Crippen LogP contribution in [0.25, 0.3) is 33.0 Å². The average Bonchev–Trinajstić information content (AvgIpc) is 2.76. The van der Waals surface area contributed by atoms with Crippen LogP contribution in [-0.4, -0.2) is 9.97 Å². The number of aromatic nitrogens is 2. The summed E-state index contributed by atoms with van der Waals surface area (Å²) >= 11 is 3.31. The van der Waals surface area contributed by atoms with Crippen molar-refractivity contribution >= 4 is 48.9 Å². The topological polar surface area (TPSA) is 38.9 Å². The molecular weight excluding hydrogens is 292 g/mol. The standard InChI is InChI=1S/C14H7BrN2O/c15-11-7-16-12-10-6-5-8-3-1-2-4-9(8)13(10)18-14(12)17-11/h1-7H. The van der Waals surface area contributed by atoms with Crippen molar-refractivity contribution in [3.8, 4) is 0 Å². The van der Waals surface area contributed by atoms with Gasteiger partial charge in [0, 0.05) is 10.8 Å². The molecule has 0 fully saturated rings. The van der Waals surface area contributed by atoms with Gasteiger partial charge in [0.25, 0.3) is 0 Å². The van der Waals surface area contributed by atoms with Crippen LogP contribution in [0.4, 0.5) is 0 Å². The summed E-state index contributed by atoms with van der Waals surface area (Å²) in [5.41, 5.74) is 2.22. The van der Waals surface area contributed by atoms with E-state index in [0.29, 0.717) is 10.3 Å². The van der Waals surface area contributed by atoms with Crippen LogP contribution < -0.4 is 0 Å². The first kappa shape index (κ1) is 10.0. The molecule has 18 heavy (non-hydrogen) atoms. The fraction of sp³-hybridized carbons (Fsp3) is 0. The van der Waals surface area contributed by atoms with Gasteiger partial charge in [0.05, 0.1) is 6.20 Å². The van der Waals surface area contributed by atoms with Gasteiger partial charge < -0.3 is 4.42 Å². The highest BCUT2D eigenvalue weighted by molar-refractivity contribution is 9.10. The van der Waals surface area contributed by atoms with Crippen molar-refractivity contribution in [3.63, 3.8) is 0 Å². The number of hydrogen-bond acceptors (Lipinski definition) is 3. The predicted molar refractivity (Wildman–Crippen MR) is 74.5 cm³/mol. The van der Waals surface area contributed by atoms with E-state index in [2.05, 4.69) is 44.1 Å². The Labute approximate surface area is 111 Å². The Bertz CT molecular complexity index is 898. The van der Waals surface area contributed by atoms with Crippen molar-refractivity contribution in [1.29, 1.82) is 0 Å². The molecule has 0 aliphatic rings. The lowest BCUT2D eigenvalue weighted by Crippen LogP contribution is -1.79. The fourth-order valence-corrected chi connectivity index (χ4v) is 2.51. The van der Waals surface area contributed by atoms with E-state index >= 15 is 0 Å². The maximum atomic E-state index is 5.84. The highest BCUT2D eigenvalue weighted by atomic mass is 79.9. The van der Waals surface area contributed by atoms with Crippen molar-refractivity contribution in [2.45, 2.75) is 0 Å². The summed E-state index contributed by atoms with van der Waals surface area (Å²) in [7, 11) is 0. The maximum absolute atomic E-state index is 5.84. The number of hydrogen-bond donors (Lipinski definition) is 0. The minimum absolute atomic E-state index is 0.565. The Morgan fingerprint density at radius 2 is 1.89 bits per heavy atom. The van der Waals surface area contributed by atoms with Crippen LogP contribution in [0.3, 0.4) is 0 Å². The summed E-state index contributed by atoms with van der Waals surface area (Å²) in [6, 6.07) is 12.3. The average molecular weight is 299 g/mol. The SMILES string of the molecule is Brc1cnc2c(n1)oc1c3ccccc3ccc21. The zero-order valence-electron chi connectivity index (χ0n) is 9.22. The van der Waals surface area contributed by atoms with E-state index in [9.17, 15) is 0 Å². The summed E-state index contributed by atoms with van der Waals surface area (Å²) in [4.78, 5) is 8.68. The first-order valence-electron chi connectivity index (χ1n) is 5.55. The quantitative estimate of drug-likeness (QED) is 0.486. The molecular formula is C14H7BrN2O. The molecule has 3 nitrogen and oxygen atoms in total. The number of nitrogens with zero attached hydrogens (tertiary/aromatic N) is 2. The van der Waals surface area contributed by atoms with E-state index in [4.69, 9.17) is 4.42 Å². The summed E-state index contributed by atoms with van der Waals surface area (Å²) in [6.45, 7) is 0. The molecule has 2 aromatic heterocycles. The van der Waals surface area contributed by atoms with Gasteiger partial charge in [-0.15, -0.1) is 0 Å². The zero-order chi connectivity index (χ0) is 12.1. The lowest BCUT2D eigenvalue weighted by molar-refractivity contribution is 0.655. The fourth-order valence-electron chi connectivity index (χ4n) is 2.24. The van der Waals surface area contributed by atoms with Crippen LogP contribution in [-0.2, 0) is 0 Å². The molecule has 0 amide bonds. The second-order valence-corrected chi connectivity index (χ2v) is 4.92. The Balaban J connectivity index is 2.29. The second kappa shape index (κ2) is 3.53. The minimum Gasteiger partial charge on any atom is -0.436 e. The number of halogens is 1. The molecule has 0 atom stereocenters. The van der Waals surface area contributed by atoms with E-state index in [1.165, 1.54) is 0 Å². The Morgan fingerprint density at radius 1 is 1.00 bits per heavy atom. The smallest absolute Gasteiger partial charge is 0.247 e. The van der Waals surface area contributed by atoms with Gasteiger partial charge in [0.15, 0.2) is 0 Å². The van der Waals surface area contributed by atoms with Gasteiger partial charge in [-0.2, -0.15) is 0 Å². The van der Waals surface area contributed by atoms with E-state index < -0.39 is 0 Å². The third kappa shape index (κ3) is 1.29. The van der Waals surface area contributed by atoms with Crippen LogP contribution in [0.15, 0.2) is 51.6 Å². The van der Waals surface area contributed by atoms with Gasteiger partial charge in [-0.05, 0) is 27.4 Å². The highest BCUT2D eigenvalue weighted by Crippen LogP contribution is 2.32. The number of benzene rings is 2. The van der Waals surface area contributed by atoms with Crippen molar-refractivity contribution < 1.29 is 4.42 Å². The molecule has 0 bridgehead atoms. The Hall–Kier alpha value is -1.94. The molecule has 0 spiro atoms. The third-order valence-corrected chi connectivity index (χ3v) is 3.43. The molecule has 0 aliphatic carbocycles. The van der Waals surface area contributed by atoms with Gasteiger partial charge in [0.1, 0.15) is 15.7 Å². The predicted octanol–water partition coefficient (Wildman–Crippen LogP) is 4.29. The van der Waals surface area contributed by atoms with E-state index in [1.54, 1.807) is 6.20 Å². The molecule has 0 saturated heterocycles. The lowest BCUT2D eigenvalue weighted by Gasteiger charge is -1.96. The van der Waals surface area contributed by atoms with Gasteiger partial charge >= 0.3 is 0 Å². The highest BCUT2D eigenvalue weighted by Gasteiger charge is 2.12. The second-order valence-electron chi connectivity index (χ2n) is 4.11. The monoisotopic (exact) mass is 298 g/mol. The van der Waals surface area contributed by atoms with E-state index in [1.807, 2.05) is 18.2 Å². The largest absolute Gasteiger partial charge is 0.436 e. The summed E-state index contributed by atoms with van der Waals surface area (Å²) in [6.07, 6.45) is 1.69. The van der Waals surface area contributed by atoms with Gasteiger partial charge in [-0.25, -0.2) is 9.97 Å². The number of fused-ring (bicyclic) bond motifs is 5. The Kier molecular flexibility index (Phi) is 1.96. The summed E-state index contributed by atoms with van der Waals surface area (Å²) in [5, 5.41) is 3.25. The minimum atomic E-state index is 0.565. The first-order chi connectivity index (χ1) is 8.83. The zero-order valence-corrected chi connectivity index (χ0v) is 10.8. The molecule has 2 aromatic carbocycles. The van der Waals surface area contributed by atoms with Gasteiger partial charge in [-0.3, -0.25) is 0 Å². The molecule has 0 aliphatic heterocycles. The summed E-state index contributed by atoms with van der Waals surface area (Å²) < 4.78 is 6.52. The maximum Gasteiger partial charge on any atom is 0.247 e. The van der Waals surface area contributed by atoms with Gasteiger partial charge in [0.2, 0.25) is 5.71 Å². The molecule has 4 heteroatoms. The molecule has 0 N–H and O–H groups in total. The van der Waals surface area contributed by atoms with Crippen molar-refractivity contribution in [2.24, 2.45) is 0 Å². The van der Waals surface area contributed by atoms with E-state index in [-0.39, 0.29) is 0 Å². The summed E-state index contributed by atoms with van der Waals surface area (Å²) in [5.74, 6) is 0. The van der Waals surface area contributed by atoms with E-state index in [0.717, 1.165) is 27.3 Å². The van der Waals surface area contributed by atoms with Crippen LogP contribution in [0, 0.1) is 0 Å². The van der Waals surface area contributed by atoms with Crippen LogP contribution in [0.2, 0.25) is 0 Å². The van der Waals surface area contributed by atoms with Crippen molar-refractivity contribution in [1.82, 2.24) is 9.97 Å². The lowest BCUT2D eigenvalue weighted by atomic mass is 10.1. The first-order valence-corrected chi connectivity index (χ1v) is 6.35. The molecule has 4 aromatic rings. The molecule has 2 heterocycles. The number of rotatable bonds is 0. The number of furan rings is 1. The van der Waals surface area contributed by atoms with Crippen LogP contribution >= 0.6 is 15.9 Å². The van der Waals surface area contributed by atoms with Crippen molar-refractivity contribution in [3.05, 3.63) is 47.2 Å². The van der Waals surface area contributed by atoms with Crippen molar-refractivity contribution in [2.75, 3.05) is 0 Å². The molecule has 4 rings (SSSR count). The molecule has 0 unspecified atom stereocenters. The van der Waals surface area contributed by atoms with Gasteiger partial charge in [-0.1, -0.05) is 30.3 Å². The molecule has 86 valence electrons. The van der Waals surface area contributed by atoms with Crippen LogP contribution in [0.1, 0.15) is 0 Å². The normalized spacial score (nSPS) is 11.6. The third-order valence-electron chi connectivity index (χ3n) is 3.04. The molecule has 0 saturated carbocycles. The van der Waals surface area contributed by atoms with Crippen LogP contribution in [0.5, 0.6) is 0 Å².